The van der Waals surface area contributed by atoms with E-state index in [4.69, 9.17) is 21.1 Å². The van der Waals surface area contributed by atoms with Gasteiger partial charge in [-0.3, -0.25) is 10.3 Å². The molecule has 1 aromatic heterocycles. The van der Waals surface area contributed by atoms with Crippen LogP contribution in [0, 0.1) is 0 Å². The van der Waals surface area contributed by atoms with E-state index in [9.17, 15) is 4.79 Å². The van der Waals surface area contributed by atoms with Gasteiger partial charge in [-0.2, -0.15) is 0 Å². The molecule has 0 bridgehead atoms. The second kappa shape index (κ2) is 8.87. The summed E-state index contributed by atoms with van der Waals surface area (Å²) >= 11 is 5.90. The molecule has 1 heterocycles. The van der Waals surface area contributed by atoms with E-state index < -0.39 is 6.09 Å². The van der Waals surface area contributed by atoms with E-state index in [-0.39, 0.29) is 0 Å². The molecule has 3 aromatic rings. The van der Waals surface area contributed by atoms with E-state index in [1.54, 1.807) is 42.6 Å². The topological polar surface area (TPSA) is 60.5 Å². The third-order valence-corrected chi connectivity index (χ3v) is 3.83. The number of halogens is 1. The largest absolute Gasteiger partial charge is 0.493 e. The molecule has 0 fully saturated rings. The highest BCUT2D eigenvalue weighted by molar-refractivity contribution is 6.30. The smallest absolute Gasteiger partial charge is 0.417 e. The van der Waals surface area contributed by atoms with Crippen molar-refractivity contribution in [1.82, 2.24) is 4.98 Å². The number of carbonyl (C=O) groups is 1. The number of nitrogens with zero attached hydrogens (tertiary/aromatic N) is 1. The molecule has 0 unspecified atom stereocenters. The Morgan fingerprint density at radius 1 is 1.04 bits per heavy atom. The van der Waals surface area contributed by atoms with Crippen LogP contribution >= 0.6 is 11.6 Å². The van der Waals surface area contributed by atoms with Gasteiger partial charge in [0, 0.05) is 16.9 Å². The van der Waals surface area contributed by atoms with Gasteiger partial charge in [-0.25, -0.2) is 4.79 Å². The van der Waals surface area contributed by atoms with Gasteiger partial charge in [0.2, 0.25) is 0 Å². The molecule has 6 heteroatoms. The summed E-state index contributed by atoms with van der Waals surface area (Å²) < 4.78 is 10.7. The van der Waals surface area contributed by atoms with Crippen LogP contribution < -0.4 is 14.8 Å². The van der Waals surface area contributed by atoms with Crippen LogP contribution in [0.15, 0.2) is 66.9 Å². The molecule has 0 aliphatic rings. The molecule has 0 aliphatic carbocycles. The van der Waals surface area contributed by atoms with Crippen LogP contribution in [-0.2, 0) is 0 Å². The molecule has 5 nitrogen and oxygen atoms in total. The second-order valence-corrected chi connectivity index (χ2v) is 5.96. The number of ether oxygens (including phenoxy) is 2. The van der Waals surface area contributed by atoms with E-state index in [2.05, 4.69) is 10.3 Å². The monoisotopic (exact) mass is 380 g/mol. The lowest BCUT2D eigenvalue weighted by Crippen LogP contribution is -2.17. The molecule has 3 rings (SSSR count). The van der Waals surface area contributed by atoms with Gasteiger partial charge in [-0.05, 0) is 54.1 Å². The highest BCUT2D eigenvalue weighted by atomic mass is 35.5. The highest BCUT2D eigenvalue weighted by Gasteiger charge is 2.11. The number of methoxy groups -OCH3 is 1. The summed E-state index contributed by atoms with van der Waals surface area (Å²) in [5.74, 6) is 0.756. The first kappa shape index (κ1) is 18.5. The lowest BCUT2D eigenvalue weighted by Gasteiger charge is -2.11. The van der Waals surface area contributed by atoms with Gasteiger partial charge < -0.3 is 9.47 Å². The predicted molar refractivity (Wildman–Crippen MR) is 107 cm³/mol. The number of pyridine rings is 1. The molecular formula is C21H17ClN2O3. The van der Waals surface area contributed by atoms with Crippen LogP contribution in [-0.4, -0.2) is 18.2 Å². The average Bonchev–Trinajstić information content (AvgIpc) is 2.68. The molecular weight excluding hydrogens is 364 g/mol. The van der Waals surface area contributed by atoms with Gasteiger partial charge in [0.15, 0.2) is 11.5 Å². The molecule has 0 radical (unpaired) electrons. The summed E-state index contributed by atoms with van der Waals surface area (Å²) in [5, 5.41) is 3.14. The lowest BCUT2D eigenvalue weighted by atomic mass is 10.1. The fraction of sp³-hybridized carbons (Fsp3) is 0.0476. The zero-order valence-electron chi connectivity index (χ0n) is 14.6. The first-order valence-electron chi connectivity index (χ1n) is 8.15. The van der Waals surface area contributed by atoms with Crippen LogP contribution in [0.2, 0.25) is 5.02 Å². The Labute approximate surface area is 162 Å². The maximum Gasteiger partial charge on any atom is 0.417 e. The number of benzene rings is 2. The Kier molecular flexibility index (Phi) is 6.07. The second-order valence-electron chi connectivity index (χ2n) is 5.52. The van der Waals surface area contributed by atoms with Crippen LogP contribution in [0.4, 0.5) is 10.5 Å². The first-order chi connectivity index (χ1) is 13.1. The summed E-state index contributed by atoms with van der Waals surface area (Å²) in [7, 11) is 1.52. The number of carbonyl (C=O) groups excluding carboxylic acids is 1. The van der Waals surface area contributed by atoms with E-state index in [1.807, 2.05) is 36.4 Å². The Balaban J connectivity index is 1.70. The number of hydrogen-bond acceptors (Lipinski definition) is 4. The average molecular weight is 381 g/mol. The molecule has 0 aliphatic heterocycles. The Morgan fingerprint density at radius 2 is 1.93 bits per heavy atom. The standard InChI is InChI=1S/C21H17ClN2O3/c1-26-20-13-15(8-10-17-6-2-3-12-23-17)9-11-19(20)27-21(25)24-18-7-4-5-16(22)14-18/h2-14H,1H3,(H,24,25)/b10-8+. The van der Waals surface area contributed by atoms with Gasteiger partial charge in [0.05, 0.1) is 12.8 Å². The minimum absolute atomic E-state index is 0.312. The lowest BCUT2D eigenvalue weighted by molar-refractivity contribution is 0.213. The Bertz CT molecular complexity index is 959. The van der Waals surface area contributed by atoms with Crippen LogP contribution in [0.1, 0.15) is 11.3 Å². The molecule has 27 heavy (non-hydrogen) atoms. The van der Waals surface area contributed by atoms with Crippen molar-refractivity contribution in [3.63, 3.8) is 0 Å². The van der Waals surface area contributed by atoms with Crippen LogP contribution in [0.25, 0.3) is 12.2 Å². The summed E-state index contributed by atoms with van der Waals surface area (Å²) in [6.07, 6.45) is 4.89. The third-order valence-electron chi connectivity index (χ3n) is 3.60. The Hall–Kier alpha value is -3.31. The molecule has 0 atom stereocenters. The van der Waals surface area contributed by atoms with Crippen molar-refractivity contribution in [2.75, 3.05) is 12.4 Å². The SMILES string of the molecule is COc1cc(/C=C/c2ccccn2)ccc1OC(=O)Nc1cccc(Cl)c1. The quantitative estimate of drug-likeness (QED) is 0.632. The molecule has 1 amide bonds. The number of nitrogens with one attached hydrogen (secondary N) is 1. The molecule has 136 valence electrons. The van der Waals surface area contributed by atoms with Crippen molar-refractivity contribution in [2.45, 2.75) is 0 Å². The van der Waals surface area contributed by atoms with Gasteiger partial charge in [0.1, 0.15) is 0 Å². The van der Waals surface area contributed by atoms with E-state index >= 15 is 0 Å². The molecule has 0 spiro atoms. The summed E-state index contributed by atoms with van der Waals surface area (Å²) in [5.41, 5.74) is 2.28. The number of rotatable bonds is 5. The van der Waals surface area contributed by atoms with Crippen molar-refractivity contribution in [1.29, 1.82) is 0 Å². The molecule has 0 saturated heterocycles. The maximum atomic E-state index is 12.1. The number of hydrogen-bond donors (Lipinski definition) is 1. The van der Waals surface area contributed by atoms with Gasteiger partial charge >= 0.3 is 6.09 Å². The van der Waals surface area contributed by atoms with Crippen LogP contribution in [0.5, 0.6) is 11.5 Å². The fourth-order valence-electron chi connectivity index (χ4n) is 2.34. The third kappa shape index (κ3) is 5.33. The minimum Gasteiger partial charge on any atom is -0.493 e. The molecule has 0 saturated carbocycles. The summed E-state index contributed by atoms with van der Waals surface area (Å²) in [4.78, 5) is 16.3. The van der Waals surface area contributed by atoms with Crippen molar-refractivity contribution >= 4 is 35.5 Å². The van der Waals surface area contributed by atoms with Gasteiger partial charge in [-0.1, -0.05) is 35.9 Å². The van der Waals surface area contributed by atoms with E-state index in [1.165, 1.54) is 7.11 Å². The van der Waals surface area contributed by atoms with Crippen molar-refractivity contribution < 1.29 is 14.3 Å². The minimum atomic E-state index is -0.632. The maximum absolute atomic E-state index is 12.1. The zero-order chi connectivity index (χ0) is 19.1. The molecule has 2 aromatic carbocycles. The summed E-state index contributed by atoms with van der Waals surface area (Å²) in [6, 6.07) is 17.8. The van der Waals surface area contributed by atoms with E-state index in [0.29, 0.717) is 22.2 Å². The fourth-order valence-corrected chi connectivity index (χ4v) is 2.53. The first-order valence-corrected chi connectivity index (χ1v) is 8.53. The summed E-state index contributed by atoms with van der Waals surface area (Å²) in [6.45, 7) is 0. The van der Waals surface area contributed by atoms with Gasteiger partial charge in [0.25, 0.3) is 0 Å². The zero-order valence-corrected chi connectivity index (χ0v) is 15.3. The highest BCUT2D eigenvalue weighted by Crippen LogP contribution is 2.29. The number of aromatic nitrogens is 1. The van der Waals surface area contributed by atoms with Crippen LogP contribution in [0.3, 0.4) is 0 Å². The normalized spacial score (nSPS) is 10.6. The van der Waals surface area contributed by atoms with Crippen molar-refractivity contribution in [3.8, 4) is 11.5 Å². The number of anilines is 1. The molecule has 1 N–H and O–H groups in total. The predicted octanol–water partition coefficient (Wildman–Crippen LogP) is 5.52. The Morgan fingerprint density at radius 3 is 2.67 bits per heavy atom. The van der Waals surface area contributed by atoms with Gasteiger partial charge in [-0.15, -0.1) is 0 Å². The van der Waals surface area contributed by atoms with Crippen molar-refractivity contribution in [3.05, 3.63) is 83.1 Å². The van der Waals surface area contributed by atoms with E-state index in [0.717, 1.165) is 11.3 Å². The van der Waals surface area contributed by atoms with Crippen molar-refractivity contribution in [2.24, 2.45) is 0 Å². The number of amides is 1.